The third-order valence-electron chi connectivity index (χ3n) is 7.20. The number of aromatic nitrogens is 2. The van der Waals surface area contributed by atoms with Crippen molar-refractivity contribution in [3.8, 4) is 0 Å². The van der Waals surface area contributed by atoms with Gasteiger partial charge in [-0.05, 0) is 30.5 Å². The van der Waals surface area contributed by atoms with Crippen molar-refractivity contribution >= 4 is 114 Å². The number of allylic oxidation sites excluding steroid dienone is 1. The van der Waals surface area contributed by atoms with Gasteiger partial charge in [-0.1, -0.05) is 66.1 Å². The van der Waals surface area contributed by atoms with E-state index in [4.69, 9.17) is 12.2 Å². The number of carbonyl (C=O) groups excluding carboxylic acids is 4. The van der Waals surface area contributed by atoms with Crippen LogP contribution in [0.15, 0.2) is 62.0 Å². The van der Waals surface area contributed by atoms with E-state index < -0.39 is 54.6 Å². The van der Waals surface area contributed by atoms with Crippen LogP contribution in [0.4, 0.5) is 5.69 Å². The van der Waals surface area contributed by atoms with Crippen molar-refractivity contribution in [3.63, 3.8) is 0 Å². The lowest BCUT2D eigenvalue weighted by atomic mass is 10.1. The molecule has 18 heteroatoms. The van der Waals surface area contributed by atoms with Crippen LogP contribution in [0.5, 0.6) is 0 Å². The highest BCUT2D eigenvalue weighted by molar-refractivity contribution is 8.30. The van der Waals surface area contributed by atoms with Crippen molar-refractivity contribution in [2.45, 2.75) is 24.9 Å². The van der Waals surface area contributed by atoms with Gasteiger partial charge in [-0.15, -0.1) is 22.7 Å². The fourth-order valence-corrected chi connectivity index (χ4v) is 10.1. The van der Waals surface area contributed by atoms with E-state index >= 15 is 0 Å². The van der Waals surface area contributed by atoms with Gasteiger partial charge in [-0.25, -0.2) is 0 Å². The molecule has 0 saturated carbocycles. The number of hydrogen-bond donors (Lipinski definition) is 0. The maximum absolute atomic E-state index is 13.7. The predicted octanol–water partition coefficient (Wildman–Crippen LogP) is -1.95. The third-order valence-corrected chi connectivity index (χ3v) is 12.3. The minimum absolute atomic E-state index is 0.0808. The highest BCUT2D eigenvalue weighted by Crippen LogP contribution is 2.49. The Bertz CT molecular complexity index is 2480. The number of aliphatic carboxylic acids is 3. The van der Waals surface area contributed by atoms with E-state index in [1.807, 2.05) is 43.3 Å². The van der Waals surface area contributed by atoms with Crippen molar-refractivity contribution in [2.24, 2.45) is 0 Å². The second-order valence-electron chi connectivity index (χ2n) is 10.1. The second kappa shape index (κ2) is 13.2. The summed E-state index contributed by atoms with van der Waals surface area (Å²) in [5, 5.41) is 37.5. The number of thiazole rings is 2. The minimum atomic E-state index is -1.67. The van der Waals surface area contributed by atoms with Crippen LogP contribution in [-0.4, -0.2) is 55.3 Å². The molecule has 0 bridgehead atoms. The lowest BCUT2D eigenvalue weighted by molar-refractivity contribution is -0.307. The molecule has 2 aromatic heterocycles. The number of thioether (sulfide) groups is 2. The number of carboxylic acids is 3. The maximum Gasteiger partial charge on any atom is 0.272 e. The standard InChI is InChI=1S/C30H22N4O9S5/c1-2-31-18(45-16-8-7-14-5-3-4-6-15(14)22(16)31)10-9-17-25(41)32(11-19(35)36)28(46-17)23-26(42)33(12-20(37)38)29(47-23)24-27(43)34(13-21(39)40)30(44)48-24/h3-10H,2,11-13H2,1H3,(H,35,36)(H,37,38)(H,39,40)/p-3/b17-9?,18-10?,28-23+,29-24+. The molecule has 0 radical (unpaired) electrons. The number of carbonyl (C=O) groups is 4. The van der Waals surface area contributed by atoms with E-state index in [9.17, 15) is 44.1 Å². The van der Waals surface area contributed by atoms with Gasteiger partial charge < -0.3 is 34.6 Å². The number of nitrogens with zero attached hydrogens (tertiary/aromatic N) is 4. The van der Waals surface area contributed by atoms with Crippen molar-refractivity contribution in [3.05, 3.63) is 86.6 Å². The molecule has 0 N–H and O–H groups in total. The van der Waals surface area contributed by atoms with E-state index in [2.05, 4.69) is 4.90 Å². The topological polar surface area (TPSA) is 188 Å². The van der Waals surface area contributed by atoms with Gasteiger partial charge in [0.05, 0.1) is 52.8 Å². The normalized spacial score (nSPS) is 17.6. The summed E-state index contributed by atoms with van der Waals surface area (Å²) in [6, 6.07) is 12.0. The molecule has 4 aromatic rings. The lowest BCUT2D eigenvalue weighted by Gasteiger charge is -2.19. The fourth-order valence-electron chi connectivity index (χ4n) is 5.21. The molecule has 48 heavy (non-hydrogen) atoms. The van der Waals surface area contributed by atoms with E-state index in [-0.39, 0.29) is 27.6 Å². The van der Waals surface area contributed by atoms with E-state index in [0.29, 0.717) is 29.6 Å². The Morgan fingerprint density at radius 3 is 2.12 bits per heavy atom. The number of benzene rings is 2. The highest BCUT2D eigenvalue weighted by atomic mass is 32.2. The molecular weight excluding hydrogens is 721 g/mol. The fraction of sp³-hybridized carbons (Fsp3) is 0.167. The number of amides is 1. The molecule has 6 rings (SSSR count). The first kappa shape index (κ1) is 33.4. The Morgan fingerprint density at radius 1 is 0.792 bits per heavy atom. The molecule has 1 saturated heterocycles. The quantitative estimate of drug-likeness (QED) is 0.182. The molecule has 2 aromatic carbocycles. The lowest BCUT2D eigenvalue weighted by Crippen LogP contribution is -2.41. The van der Waals surface area contributed by atoms with Crippen molar-refractivity contribution in [1.82, 2.24) is 14.0 Å². The second-order valence-corrected chi connectivity index (χ2v) is 14.9. The smallest absolute Gasteiger partial charge is 0.272 e. The molecule has 0 atom stereocenters. The molecule has 2 aliphatic rings. The summed E-state index contributed by atoms with van der Waals surface area (Å²) in [7, 11) is 0. The highest BCUT2D eigenvalue weighted by Gasteiger charge is 2.34. The SMILES string of the molecule is CCN1C(=CC=c2s/c(=c3/s/c(=C4/SC(=S)N(CC(=O)[O-])C4=O)n(CC(=O)[O-])c3=O)n(CC(=O)[O-])c2=O)Sc2ccc3ccccc3c21. The molecule has 246 valence electrons. The van der Waals surface area contributed by atoms with E-state index in [0.717, 1.165) is 51.8 Å². The molecule has 0 aliphatic carbocycles. The van der Waals surface area contributed by atoms with Gasteiger partial charge in [0.2, 0.25) is 0 Å². The Hall–Kier alpha value is -4.49. The molecule has 1 amide bonds. The minimum Gasteiger partial charge on any atom is -0.548 e. The van der Waals surface area contributed by atoms with Crippen LogP contribution in [0.2, 0.25) is 0 Å². The summed E-state index contributed by atoms with van der Waals surface area (Å²) < 4.78 is 0.986. The molecule has 4 heterocycles. The molecule has 0 spiro atoms. The zero-order chi connectivity index (χ0) is 34.4. The van der Waals surface area contributed by atoms with Crippen LogP contribution in [0.1, 0.15) is 6.92 Å². The van der Waals surface area contributed by atoms with Crippen LogP contribution in [0.3, 0.4) is 0 Å². The van der Waals surface area contributed by atoms with Gasteiger partial charge in [0, 0.05) is 16.8 Å². The first-order valence-electron chi connectivity index (χ1n) is 13.9. The Morgan fingerprint density at radius 2 is 1.46 bits per heavy atom. The Labute approximate surface area is 290 Å². The predicted molar refractivity (Wildman–Crippen MR) is 180 cm³/mol. The summed E-state index contributed by atoms with van der Waals surface area (Å²) in [6.45, 7) is -0.160. The molecule has 0 unspecified atom stereocenters. The average molecular weight is 740 g/mol. The molecular formula is C30H19N4O9S5-3. The van der Waals surface area contributed by atoms with Gasteiger partial charge in [0.1, 0.15) is 23.1 Å². The van der Waals surface area contributed by atoms with E-state index in [1.54, 1.807) is 6.08 Å². The van der Waals surface area contributed by atoms with Crippen LogP contribution in [0, 0.1) is 9.20 Å². The molecule has 13 nitrogen and oxygen atoms in total. The number of thiocarbonyl (C=S) groups is 1. The molecule has 1 fully saturated rings. The van der Waals surface area contributed by atoms with Gasteiger partial charge in [-0.3, -0.25) is 28.4 Å². The largest absolute Gasteiger partial charge is 0.548 e. The van der Waals surface area contributed by atoms with Gasteiger partial charge in [0.15, 0.2) is 0 Å². The van der Waals surface area contributed by atoms with Gasteiger partial charge >= 0.3 is 0 Å². The summed E-state index contributed by atoms with van der Waals surface area (Å²) in [5.41, 5.74) is -0.643. The number of anilines is 1. The van der Waals surface area contributed by atoms with Gasteiger partial charge in [-0.2, -0.15) is 0 Å². The zero-order valence-corrected chi connectivity index (χ0v) is 28.5. The Kier molecular flexibility index (Phi) is 9.18. The number of fused-ring (bicyclic) bond motifs is 3. The zero-order valence-electron chi connectivity index (χ0n) is 24.5. The first-order chi connectivity index (χ1) is 22.9. The van der Waals surface area contributed by atoms with Crippen LogP contribution >= 0.6 is 58.4 Å². The van der Waals surface area contributed by atoms with Crippen LogP contribution in [0.25, 0.3) is 21.8 Å². The van der Waals surface area contributed by atoms with E-state index in [1.165, 1.54) is 17.8 Å². The third kappa shape index (κ3) is 6.00. The molecule has 2 aliphatic heterocycles. The average Bonchev–Trinajstić information content (AvgIpc) is 3.73. The number of rotatable bonds is 8. The summed E-state index contributed by atoms with van der Waals surface area (Å²) in [4.78, 5) is 78.5. The monoisotopic (exact) mass is 739 g/mol. The maximum atomic E-state index is 13.7. The summed E-state index contributed by atoms with van der Waals surface area (Å²) in [5.74, 6) is -5.77. The van der Waals surface area contributed by atoms with Crippen molar-refractivity contribution in [1.29, 1.82) is 0 Å². The van der Waals surface area contributed by atoms with Crippen LogP contribution < -0.4 is 40.5 Å². The van der Waals surface area contributed by atoms with Crippen molar-refractivity contribution < 1.29 is 34.5 Å². The van der Waals surface area contributed by atoms with Gasteiger partial charge in [0.25, 0.3) is 17.0 Å². The van der Waals surface area contributed by atoms with Crippen LogP contribution in [-0.2, 0) is 32.3 Å². The first-order valence-corrected chi connectivity index (χ1v) is 17.6. The number of carboxylic acid groups (broad SMARTS) is 3. The summed E-state index contributed by atoms with van der Waals surface area (Å²) in [6.07, 6.45) is 3.25. The number of hydrogen-bond acceptors (Lipinski definition) is 15. The summed E-state index contributed by atoms with van der Waals surface area (Å²) >= 11 is 8.72. The van der Waals surface area contributed by atoms with Crippen molar-refractivity contribution in [2.75, 3.05) is 18.0 Å². The Balaban J connectivity index is 1.58.